The Morgan fingerprint density at radius 1 is 0.943 bits per heavy atom. The fourth-order valence-corrected chi connectivity index (χ4v) is 4.00. The van der Waals surface area contributed by atoms with E-state index in [1.165, 1.54) is 12.1 Å². The summed E-state index contributed by atoms with van der Waals surface area (Å²) >= 11 is 0. The SMILES string of the molecule is O=C(CCc1c(-c2ccc(F)cc2)[nH]c2ccccc12)Nc1ncccc1OCc1ccncc1. The van der Waals surface area contributed by atoms with Gasteiger partial charge in [0.15, 0.2) is 11.6 Å². The summed E-state index contributed by atoms with van der Waals surface area (Å²) in [6.45, 7) is 0.341. The highest BCUT2D eigenvalue weighted by Crippen LogP contribution is 2.32. The summed E-state index contributed by atoms with van der Waals surface area (Å²) in [7, 11) is 0. The number of benzene rings is 2. The number of hydrogen-bond acceptors (Lipinski definition) is 4. The predicted octanol–water partition coefficient (Wildman–Crippen LogP) is 5.91. The molecule has 0 atom stereocenters. The van der Waals surface area contributed by atoms with Gasteiger partial charge in [0.25, 0.3) is 0 Å². The van der Waals surface area contributed by atoms with Gasteiger partial charge in [-0.1, -0.05) is 18.2 Å². The van der Waals surface area contributed by atoms with E-state index in [1.807, 2.05) is 36.4 Å². The summed E-state index contributed by atoms with van der Waals surface area (Å²) in [6.07, 6.45) is 5.77. The van der Waals surface area contributed by atoms with Crippen LogP contribution in [0.5, 0.6) is 5.75 Å². The number of anilines is 1. The van der Waals surface area contributed by atoms with Gasteiger partial charge in [0.2, 0.25) is 5.91 Å². The number of halogens is 1. The fraction of sp³-hybridized carbons (Fsp3) is 0.107. The number of nitrogens with zero attached hydrogens (tertiary/aromatic N) is 2. The van der Waals surface area contributed by atoms with Crippen LogP contribution in [0.2, 0.25) is 0 Å². The van der Waals surface area contributed by atoms with Gasteiger partial charge >= 0.3 is 0 Å². The summed E-state index contributed by atoms with van der Waals surface area (Å²) in [5.41, 5.74) is 4.71. The number of aromatic amines is 1. The lowest BCUT2D eigenvalue weighted by Crippen LogP contribution is -2.14. The number of pyridine rings is 2. The Labute approximate surface area is 201 Å². The third kappa shape index (κ3) is 5.19. The Bertz CT molecular complexity index is 1450. The van der Waals surface area contributed by atoms with E-state index >= 15 is 0 Å². The van der Waals surface area contributed by atoms with Crippen molar-refractivity contribution < 1.29 is 13.9 Å². The Morgan fingerprint density at radius 2 is 1.74 bits per heavy atom. The maximum Gasteiger partial charge on any atom is 0.225 e. The van der Waals surface area contributed by atoms with E-state index in [1.54, 1.807) is 42.9 Å². The van der Waals surface area contributed by atoms with Crippen molar-refractivity contribution >= 4 is 22.6 Å². The van der Waals surface area contributed by atoms with Gasteiger partial charge in [-0.3, -0.25) is 9.78 Å². The van der Waals surface area contributed by atoms with E-state index in [0.29, 0.717) is 24.6 Å². The van der Waals surface area contributed by atoms with Gasteiger partial charge in [0.05, 0.1) is 0 Å². The van der Waals surface area contributed by atoms with Crippen LogP contribution in [-0.2, 0) is 17.8 Å². The van der Waals surface area contributed by atoms with Crippen molar-refractivity contribution in [3.05, 3.63) is 108 Å². The van der Waals surface area contributed by atoms with Crippen LogP contribution < -0.4 is 10.1 Å². The number of rotatable bonds is 8. The van der Waals surface area contributed by atoms with Crippen molar-refractivity contribution in [2.24, 2.45) is 0 Å². The Balaban J connectivity index is 1.31. The smallest absolute Gasteiger partial charge is 0.225 e. The highest BCUT2D eigenvalue weighted by molar-refractivity contribution is 5.94. The second-order valence-corrected chi connectivity index (χ2v) is 8.07. The number of hydrogen-bond donors (Lipinski definition) is 2. The minimum absolute atomic E-state index is 0.173. The number of carbonyl (C=O) groups excluding carboxylic acids is 1. The average molecular weight is 467 g/mol. The maximum absolute atomic E-state index is 13.5. The zero-order valence-electron chi connectivity index (χ0n) is 18.9. The Kier molecular flexibility index (Phi) is 6.48. The third-order valence-electron chi connectivity index (χ3n) is 5.72. The molecule has 7 heteroatoms. The molecule has 1 amide bonds. The topological polar surface area (TPSA) is 79.9 Å². The van der Waals surface area contributed by atoms with Crippen molar-refractivity contribution in [2.45, 2.75) is 19.4 Å². The van der Waals surface area contributed by atoms with Crippen molar-refractivity contribution in [1.29, 1.82) is 0 Å². The van der Waals surface area contributed by atoms with Crippen molar-refractivity contribution in [1.82, 2.24) is 15.0 Å². The summed E-state index contributed by atoms with van der Waals surface area (Å²) in [5.74, 6) is 0.414. The number of aromatic nitrogens is 3. The van der Waals surface area contributed by atoms with Crippen LogP contribution in [0.4, 0.5) is 10.2 Å². The molecule has 2 N–H and O–H groups in total. The number of aryl methyl sites for hydroxylation is 1. The highest BCUT2D eigenvalue weighted by atomic mass is 19.1. The van der Waals surface area contributed by atoms with Gasteiger partial charge in [-0.2, -0.15) is 0 Å². The van der Waals surface area contributed by atoms with Crippen molar-refractivity contribution in [2.75, 3.05) is 5.32 Å². The van der Waals surface area contributed by atoms with Gasteiger partial charge in [0.1, 0.15) is 12.4 Å². The quantitative estimate of drug-likeness (QED) is 0.298. The van der Waals surface area contributed by atoms with Crippen molar-refractivity contribution in [3.63, 3.8) is 0 Å². The number of carbonyl (C=O) groups is 1. The van der Waals surface area contributed by atoms with Crippen LogP contribution in [0.25, 0.3) is 22.2 Å². The molecular formula is C28H23FN4O2. The number of H-pyrrole nitrogens is 1. The van der Waals surface area contributed by atoms with Crippen LogP contribution in [0, 0.1) is 5.82 Å². The molecule has 174 valence electrons. The van der Waals surface area contributed by atoms with E-state index in [4.69, 9.17) is 4.74 Å². The summed E-state index contributed by atoms with van der Waals surface area (Å²) in [5, 5.41) is 3.92. The first-order chi connectivity index (χ1) is 17.2. The molecule has 0 saturated heterocycles. The molecule has 0 fully saturated rings. The second-order valence-electron chi connectivity index (χ2n) is 8.07. The predicted molar refractivity (Wildman–Crippen MR) is 133 cm³/mol. The highest BCUT2D eigenvalue weighted by Gasteiger charge is 2.16. The zero-order valence-corrected chi connectivity index (χ0v) is 18.9. The first-order valence-electron chi connectivity index (χ1n) is 11.3. The summed E-state index contributed by atoms with van der Waals surface area (Å²) in [4.78, 5) is 24.6. The van der Waals surface area contributed by atoms with Crippen LogP contribution >= 0.6 is 0 Å². The molecule has 5 rings (SSSR count). The first kappa shape index (κ1) is 22.3. The largest absolute Gasteiger partial charge is 0.485 e. The number of fused-ring (bicyclic) bond motifs is 1. The van der Waals surface area contributed by atoms with Gasteiger partial charge < -0.3 is 15.0 Å². The first-order valence-corrected chi connectivity index (χ1v) is 11.3. The molecule has 35 heavy (non-hydrogen) atoms. The number of ether oxygens (including phenoxy) is 1. The maximum atomic E-state index is 13.5. The minimum Gasteiger partial charge on any atom is -0.485 e. The molecule has 0 radical (unpaired) electrons. The molecule has 0 aliphatic heterocycles. The molecule has 6 nitrogen and oxygen atoms in total. The molecule has 0 aliphatic rings. The van der Waals surface area contributed by atoms with Gasteiger partial charge in [-0.15, -0.1) is 0 Å². The number of amides is 1. The normalized spacial score (nSPS) is 10.9. The molecule has 2 aromatic carbocycles. The van der Waals surface area contributed by atoms with E-state index in [9.17, 15) is 9.18 Å². The van der Waals surface area contributed by atoms with E-state index in [2.05, 4.69) is 20.3 Å². The van der Waals surface area contributed by atoms with Crippen LogP contribution in [0.3, 0.4) is 0 Å². The van der Waals surface area contributed by atoms with Crippen LogP contribution in [0.15, 0.2) is 91.4 Å². The molecule has 0 spiro atoms. The van der Waals surface area contributed by atoms with E-state index in [-0.39, 0.29) is 18.1 Å². The Morgan fingerprint density at radius 3 is 2.57 bits per heavy atom. The summed E-state index contributed by atoms with van der Waals surface area (Å²) < 4.78 is 19.3. The molecule has 3 aromatic heterocycles. The lowest BCUT2D eigenvalue weighted by Gasteiger charge is -2.12. The number of para-hydroxylation sites is 1. The molecule has 0 unspecified atom stereocenters. The third-order valence-corrected chi connectivity index (χ3v) is 5.72. The van der Waals surface area contributed by atoms with Gasteiger partial charge in [-0.05, 0) is 77.7 Å². The molecule has 5 aromatic rings. The van der Waals surface area contributed by atoms with E-state index < -0.39 is 0 Å². The number of nitrogens with one attached hydrogen (secondary N) is 2. The van der Waals surface area contributed by atoms with E-state index in [0.717, 1.165) is 33.3 Å². The lowest BCUT2D eigenvalue weighted by molar-refractivity contribution is -0.116. The zero-order chi connectivity index (χ0) is 24.0. The molecule has 0 aliphatic carbocycles. The molecule has 0 saturated carbocycles. The second kappa shape index (κ2) is 10.2. The lowest BCUT2D eigenvalue weighted by atomic mass is 10.0. The van der Waals surface area contributed by atoms with Gasteiger partial charge in [-0.25, -0.2) is 9.37 Å². The summed E-state index contributed by atoms with van der Waals surface area (Å²) in [6, 6.07) is 21.6. The van der Waals surface area contributed by atoms with Crippen LogP contribution in [-0.4, -0.2) is 20.9 Å². The standard InChI is InChI=1S/C28H23FN4O2/c29-21-9-7-20(8-10-21)27-23(22-4-1-2-5-24(22)32-27)11-12-26(34)33-28-25(6-3-15-31-28)35-18-19-13-16-30-17-14-19/h1-10,13-17,32H,11-12,18H2,(H,31,33,34). The minimum atomic E-state index is -0.289. The molecule has 0 bridgehead atoms. The monoisotopic (exact) mass is 466 g/mol. The molecule has 3 heterocycles. The van der Waals surface area contributed by atoms with Crippen LogP contribution in [0.1, 0.15) is 17.5 Å². The van der Waals surface area contributed by atoms with Crippen molar-refractivity contribution in [3.8, 4) is 17.0 Å². The molecular weight excluding hydrogens is 443 g/mol. The average Bonchev–Trinajstić information content (AvgIpc) is 3.26. The Hall–Kier alpha value is -4.52. The van der Waals surface area contributed by atoms with Gasteiger partial charge in [0, 0.05) is 41.6 Å². The fourth-order valence-electron chi connectivity index (χ4n) is 4.00.